The van der Waals surface area contributed by atoms with Crippen LogP contribution in [0.1, 0.15) is 36.6 Å². The summed E-state index contributed by atoms with van der Waals surface area (Å²) in [6.45, 7) is 3.38. The van der Waals surface area contributed by atoms with Crippen LogP contribution in [-0.4, -0.2) is 34.3 Å². The molecule has 0 aliphatic carbocycles. The molecule has 0 spiro atoms. The Labute approximate surface area is 249 Å². The van der Waals surface area contributed by atoms with Gasteiger partial charge in [0, 0.05) is 11.3 Å². The summed E-state index contributed by atoms with van der Waals surface area (Å²) >= 11 is 1.03. The number of aromatic nitrogens is 1. The van der Waals surface area contributed by atoms with Crippen molar-refractivity contribution in [2.75, 3.05) is 13.7 Å². The van der Waals surface area contributed by atoms with Gasteiger partial charge in [-0.15, -0.1) is 0 Å². The van der Waals surface area contributed by atoms with Crippen LogP contribution in [0, 0.1) is 10.1 Å². The Morgan fingerprint density at radius 2 is 1.86 bits per heavy atom. The number of allylic oxidation sites excluding steroid dienone is 1. The number of carbonyl (C=O) groups is 1. The number of para-hydroxylation sites is 1. The Kier molecular flexibility index (Phi) is 8.39. The average molecular weight is 602 g/mol. The molecule has 12 heteroatoms. The van der Waals surface area contributed by atoms with Crippen LogP contribution in [0.3, 0.4) is 0 Å². The zero-order valence-corrected chi connectivity index (χ0v) is 24.3. The molecule has 1 aliphatic heterocycles. The highest BCUT2D eigenvalue weighted by Gasteiger charge is 2.36. The molecule has 0 unspecified atom stereocenters. The third kappa shape index (κ3) is 5.77. The van der Waals surface area contributed by atoms with Gasteiger partial charge in [-0.2, -0.15) is 0 Å². The van der Waals surface area contributed by atoms with Crippen molar-refractivity contribution in [2.45, 2.75) is 26.5 Å². The van der Waals surface area contributed by atoms with Crippen LogP contribution in [0.5, 0.6) is 17.2 Å². The predicted octanol–water partition coefficient (Wildman–Crippen LogP) is 4.11. The van der Waals surface area contributed by atoms with Crippen molar-refractivity contribution in [3.8, 4) is 17.2 Å². The van der Waals surface area contributed by atoms with Gasteiger partial charge in [-0.05, 0) is 37.6 Å². The molecule has 0 bridgehead atoms. The van der Waals surface area contributed by atoms with E-state index in [2.05, 4.69) is 4.99 Å². The standard InChI is InChI=1S/C31H27N3O8S/c1-4-41-30(37)27-18(2)33-29(36)26(14-20-12-8-9-13-23(20)35)43-31(33)32-28(27)21-15-24(40-3)25(16-22(21)34(38)39)42-17-19-10-6-5-7-11-19/h5-16,28,35H,4,17H2,1-3H3/b26-14-/t28-/m1/s1. The Bertz CT molecular complexity index is 1930. The molecule has 0 saturated carbocycles. The molecule has 1 aromatic heterocycles. The van der Waals surface area contributed by atoms with Crippen molar-refractivity contribution in [1.82, 2.24) is 4.57 Å². The molecule has 1 N–H and O–H groups in total. The molecule has 4 aromatic rings. The first kappa shape index (κ1) is 29.3. The van der Waals surface area contributed by atoms with Crippen LogP contribution in [0.15, 0.2) is 82.1 Å². The Morgan fingerprint density at radius 3 is 2.53 bits per heavy atom. The lowest BCUT2D eigenvalue weighted by Gasteiger charge is -2.23. The van der Waals surface area contributed by atoms with Gasteiger partial charge in [0.1, 0.15) is 18.4 Å². The number of rotatable bonds is 9. The van der Waals surface area contributed by atoms with E-state index in [-0.39, 0.29) is 62.3 Å². The molecule has 0 saturated heterocycles. The van der Waals surface area contributed by atoms with Gasteiger partial charge in [0.15, 0.2) is 16.3 Å². The van der Waals surface area contributed by atoms with Crippen molar-refractivity contribution in [3.05, 3.63) is 119 Å². The molecule has 2 heterocycles. The minimum Gasteiger partial charge on any atom is -0.507 e. The van der Waals surface area contributed by atoms with Gasteiger partial charge in [0.25, 0.3) is 11.2 Å². The minimum absolute atomic E-state index is 0.00939. The molecule has 1 aliphatic rings. The molecule has 1 atom stereocenters. The first-order chi connectivity index (χ1) is 20.7. The third-order valence-corrected chi connectivity index (χ3v) is 7.79. The Hall–Kier alpha value is -5.23. The topological polar surface area (TPSA) is 142 Å². The molecule has 11 nitrogen and oxygen atoms in total. The van der Waals surface area contributed by atoms with Crippen LogP contribution < -0.4 is 24.4 Å². The summed E-state index contributed by atoms with van der Waals surface area (Å²) in [6.07, 6.45) is 1.53. The summed E-state index contributed by atoms with van der Waals surface area (Å²) in [5.41, 5.74) is 0.746. The third-order valence-electron chi connectivity index (χ3n) is 6.80. The summed E-state index contributed by atoms with van der Waals surface area (Å²) in [5, 5.41) is 22.6. The summed E-state index contributed by atoms with van der Waals surface area (Å²) in [5.74, 6) is -0.426. The monoisotopic (exact) mass is 601 g/mol. The van der Waals surface area contributed by atoms with E-state index in [1.807, 2.05) is 30.3 Å². The molecule has 5 rings (SSSR count). The van der Waals surface area contributed by atoms with Crippen molar-refractivity contribution in [3.63, 3.8) is 0 Å². The summed E-state index contributed by atoms with van der Waals surface area (Å²) in [6, 6.07) is 17.3. The molecular weight excluding hydrogens is 574 g/mol. The number of nitrogens with zero attached hydrogens (tertiary/aromatic N) is 3. The van der Waals surface area contributed by atoms with E-state index in [0.717, 1.165) is 16.9 Å². The summed E-state index contributed by atoms with van der Waals surface area (Å²) in [4.78, 5) is 43.5. The highest BCUT2D eigenvalue weighted by molar-refractivity contribution is 7.07. The number of phenolic OH excluding ortho intramolecular Hbond substituents is 1. The van der Waals surface area contributed by atoms with Gasteiger partial charge in [-0.25, -0.2) is 9.79 Å². The first-order valence-corrected chi connectivity index (χ1v) is 14.1. The van der Waals surface area contributed by atoms with Crippen molar-refractivity contribution >= 4 is 34.8 Å². The van der Waals surface area contributed by atoms with Crippen LogP contribution in [0.25, 0.3) is 11.8 Å². The number of nitro groups is 1. The second-order valence-electron chi connectivity index (χ2n) is 9.44. The fourth-order valence-electron chi connectivity index (χ4n) is 4.74. The fourth-order valence-corrected chi connectivity index (χ4v) is 5.77. The second kappa shape index (κ2) is 12.3. The van der Waals surface area contributed by atoms with E-state index in [4.69, 9.17) is 14.2 Å². The number of nitro benzene ring substituents is 1. The lowest BCUT2D eigenvalue weighted by atomic mass is 9.94. The molecule has 43 heavy (non-hydrogen) atoms. The Morgan fingerprint density at radius 1 is 1.14 bits per heavy atom. The van der Waals surface area contributed by atoms with Crippen LogP contribution in [0.4, 0.5) is 5.69 Å². The summed E-state index contributed by atoms with van der Waals surface area (Å²) < 4.78 is 18.3. The zero-order valence-electron chi connectivity index (χ0n) is 23.5. The number of hydrogen-bond acceptors (Lipinski definition) is 10. The van der Waals surface area contributed by atoms with Crippen molar-refractivity contribution in [1.29, 1.82) is 0 Å². The van der Waals surface area contributed by atoms with Gasteiger partial charge in [0.2, 0.25) is 0 Å². The van der Waals surface area contributed by atoms with E-state index in [1.54, 1.807) is 32.0 Å². The van der Waals surface area contributed by atoms with E-state index >= 15 is 0 Å². The SMILES string of the molecule is CCOC(=O)C1=C(C)n2c(s/c(=C\c3ccccc3O)c2=O)=N[C@@H]1c1cc(OC)c(OCc2ccccc2)cc1[N+](=O)[O-]. The van der Waals surface area contributed by atoms with Gasteiger partial charge in [-0.1, -0.05) is 59.9 Å². The molecule has 0 amide bonds. The number of thiazole rings is 1. The number of benzene rings is 3. The number of aromatic hydroxyl groups is 1. The number of methoxy groups -OCH3 is 1. The zero-order chi connectivity index (χ0) is 30.7. The lowest BCUT2D eigenvalue weighted by molar-refractivity contribution is -0.385. The smallest absolute Gasteiger partial charge is 0.338 e. The van der Waals surface area contributed by atoms with E-state index < -0.39 is 22.5 Å². The maximum absolute atomic E-state index is 13.5. The fraction of sp³-hybridized carbons (Fsp3) is 0.194. The molecule has 220 valence electrons. The normalized spacial score (nSPS) is 14.6. The maximum Gasteiger partial charge on any atom is 0.338 e. The van der Waals surface area contributed by atoms with Gasteiger partial charge >= 0.3 is 5.97 Å². The minimum atomic E-state index is -1.19. The molecule has 0 radical (unpaired) electrons. The molecule has 0 fully saturated rings. The van der Waals surface area contributed by atoms with Crippen LogP contribution in [-0.2, 0) is 16.1 Å². The highest BCUT2D eigenvalue weighted by Crippen LogP contribution is 2.43. The first-order valence-electron chi connectivity index (χ1n) is 13.2. The molecule has 3 aromatic carbocycles. The number of fused-ring (bicyclic) bond motifs is 1. The highest BCUT2D eigenvalue weighted by atomic mass is 32.1. The van der Waals surface area contributed by atoms with E-state index in [1.165, 1.54) is 36.0 Å². The number of carbonyl (C=O) groups excluding carboxylic acids is 1. The number of ether oxygens (including phenoxy) is 3. The predicted molar refractivity (Wildman–Crippen MR) is 160 cm³/mol. The largest absolute Gasteiger partial charge is 0.507 e. The lowest BCUT2D eigenvalue weighted by Crippen LogP contribution is -2.35. The number of esters is 1. The number of hydrogen-bond donors (Lipinski definition) is 1. The van der Waals surface area contributed by atoms with Gasteiger partial charge < -0.3 is 19.3 Å². The van der Waals surface area contributed by atoms with Crippen molar-refractivity contribution < 1.29 is 29.0 Å². The van der Waals surface area contributed by atoms with Gasteiger partial charge in [0.05, 0.1) is 40.4 Å². The maximum atomic E-state index is 13.5. The van der Waals surface area contributed by atoms with Crippen molar-refractivity contribution in [2.24, 2.45) is 4.99 Å². The second-order valence-corrected chi connectivity index (χ2v) is 10.4. The Balaban J connectivity index is 1.70. The average Bonchev–Trinajstić information content (AvgIpc) is 3.31. The summed E-state index contributed by atoms with van der Waals surface area (Å²) in [7, 11) is 1.41. The number of phenols is 1. The quantitative estimate of drug-likeness (QED) is 0.172. The van der Waals surface area contributed by atoms with Gasteiger partial charge in [-0.3, -0.25) is 19.5 Å². The van der Waals surface area contributed by atoms with Crippen LogP contribution in [0.2, 0.25) is 0 Å². The van der Waals surface area contributed by atoms with Crippen LogP contribution >= 0.6 is 11.3 Å². The van der Waals surface area contributed by atoms with E-state index in [9.17, 15) is 24.8 Å². The molecular formula is C31H27N3O8S. The van der Waals surface area contributed by atoms with E-state index in [0.29, 0.717) is 5.56 Å².